The molecular weight excluding hydrogens is 236 g/mol. The fraction of sp³-hybridized carbons (Fsp3) is 0.562. The molecule has 1 aromatic carbocycles. The van der Waals surface area contributed by atoms with Crippen LogP contribution < -0.4 is 10.6 Å². The van der Waals surface area contributed by atoms with Crippen LogP contribution in [0.15, 0.2) is 24.3 Å². The van der Waals surface area contributed by atoms with E-state index in [-0.39, 0.29) is 17.4 Å². The molecule has 0 bridgehead atoms. The molecule has 2 aliphatic rings. The number of hydrogen-bond donors (Lipinski definition) is 2. The highest BCUT2D eigenvalue weighted by Gasteiger charge is 2.36. The number of carbonyl (C=O) groups excluding carboxylic acids is 1. The smallest absolute Gasteiger partial charge is 0.226 e. The van der Waals surface area contributed by atoms with Crippen molar-refractivity contribution in [3.8, 4) is 0 Å². The summed E-state index contributed by atoms with van der Waals surface area (Å²) in [6, 6.07) is 8.69. The highest BCUT2D eigenvalue weighted by atomic mass is 16.2. The van der Waals surface area contributed by atoms with E-state index in [0.29, 0.717) is 0 Å². The molecule has 1 fully saturated rings. The summed E-state index contributed by atoms with van der Waals surface area (Å²) in [5.74, 6) is 0.232. The lowest BCUT2D eigenvalue weighted by Gasteiger charge is -2.33. The lowest BCUT2D eigenvalue weighted by atomic mass is 9.80. The lowest BCUT2D eigenvalue weighted by molar-refractivity contribution is -0.132. The number of amides is 1. The first-order valence-electron chi connectivity index (χ1n) is 7.28. The normalized spacial score (nSPS) is 24.8. The molecule has 1 aliphatic heterocycles. The van der Waals surface area contributed by atoms with Gasteiger partial charge in [-0.05, 0) is 49.9 Å². The van der Waals surface area contributed by atoms with Crippen LogP contribution in [0.3, 0.4) is 0 Å². The zero-order valence-electron chi connectivity index (χ0n) is 11.5. The van der Waals surface area contributed by atoms with Crippen molar-refractivity contribution >= 4 is 5.91 Å². The molecule has 0 saturated carbocycles. The standard InChI is InChI=1S/C16H22N2O/c1-16(8-10-17-11-9-16)15(19)18-14-7-6-12-4-2-3-5-13(12)14/h2-5,14,17H,6-11H2,1H3,(H,18,19). The number of nitrogens with one attached hydrogen (secondary N) is 2. The van der Waals surface area contributed by atoms with Gasteiger partial charge in [0.2, 0.25) is 5.91 Å². The van der Waals surface area contributed by atoms with E-state index in [1.807, 2.05) is 0 Å². The quantitative estimate of drug-likeness (QED) is 0.853. The fourth-order valence-electron chi connectivity index (χ4n) is 3.25. The Kier molecular flexibility index (Phi) is 3.31. The summed E-state index contributed by atoms with van der Waals surface area (Å²) in [6.45, 7) is 4.00. The Bertz CT molecular complexity index is 477. The van der Waals surface area contributed by atoms with Crippen molar-refractivity contribution in [1.29, 1.82) is 0 Å². The van der Waals surface area contributed by atoms with Gasteiger partial charge in [0.25, 0.3) is 0 Å². The number of hydrogen-bond acceptors (Lipinski definition) is 2. The third-order valence-corrected chi connectivity index (χ3v) is 4.69. The highest BCUT2D eigenvalue weighted by molar-refractivity contribution is 5.83. The molecule has 0 spiro atoms. The van der Waals surface area contributed by atoms with E-state index in [1.165, 1.54) is 11.1 Å². The Balaban J connectivity index is 1.71. The van der Waals surface area contributed by atoms with Crippen LogP contribution in [0.4, 0.5) is 0 Å². The summed E-state index contributed by atoms with van der Waals surface area (Å²) < 4.78 is 0. The van der Waals surface area contributed by atoms with Crippen LogP contribution in [0.2, 0.25) is 0 Å². The SMILES string of the molecule is CC1(C(=O)NC2CCc3ccccc32)CCNCC1. The van der Waals surface area contributed by atoms with Crippen molar-refractivity contribution in [3.63, 3.8) is 0 Å². The summed E-state index contributed by atoms with van der Waals surface area (Å²) in [6.07, 6.45) is 4.00. The number of rotatable bonds is 2. The van der Waals surface area contributed by atoms with Gasteiger partial charge < -0.3 is 10.6 Å². The van der Waals surface area contributed by atoms with Crippen LogP contribution in [0.1, 0.15) is 43.4 Å². The first-order chi connectivity index (χ1) is 9.19. The molecule has 19 heavy (non-hydrogen) atoms. The summed E-state index contributed by atoms with van der Waals surface area (Å²) in [5.41, 5.74) is 2.51. The molecule has 1 saturated heterocycles. The molecular formula is C16H22N2O. The van der Waals surface area contributed by atoms with E-state index in [1.54, 1.807) is 0 Å². The first-order valence-corrected chi connectivity index (χ1v) is 7.28. The van der Waals surface area contributed by atoms with E-state index >= 15 is 0 Å². The van der Waals surface area contributed by atoms with Crippen molar-refractivity contribution < 1.29 is 4.79 Å². The molecule has 1 aliphatic carbocycles. The van der Waals surface area contributed by atoms with Crippen LogP contribution in [0, 0.1) is 5.41 Å². The van der Waals surface area contributed by atoms with Crippen LogP contribution >= 0.6 is 0 Å². The number of piperidine rings is 1. The molecule has 1 aromatic rings. The monoisotopic (exact) mass is 258 g/mol. The van der Waals surface area contributed by atoms with Gasteiger partial charge in [0.05, 0.1) is 6.04 Å². The zero-order valence-corrected chi connectivity index (χ0v) is 11.5. The Labute approximate surface area is 114 Å². The Morgan fingerprint density at radius 3 is 2.84 bits per heavy atom. The highest BCUT2D eigenvalue weighted by Crippen LogP contribution is 2.34. The van der Waals surface area contributed by atoms with Gasteiger partial charge in [-0.15, -0.1) is 0 Å². The zero-order chi connectivity index (χ0) is 13.3. The maximum Gasteiger partial charge on any atom is 0.226 e. The van der Waals surface area contributed by atoms with Gasteiger partial charge in [-0.1, -0.05) is 31.2 Å². The van der Waals surface area contributed by atoms with Crippen LogP contribution in [0.5, 0.6) is 0 Å². The average Bonchev–Trinajstić information content (AvgIpc) is 2.83. The molecule has 1 unspecified atom stereocenters. The van der Waals surface area contributed by atoms with Crippen molar-refractivity contribution in [1.82, 2.24) is 10.6 Å². The van der Waals surface area contributed by atoms with Gasteiger partial charge >= 0.3 is 0 Å². The largest absolute Gasteiger partial charge is 0.349 e. The minimum atomic E-state index is -0.192. The lowest BCUT2D eigenvalue weighted by Crippen LogP contribution is -2.46. The predicted octanol–water partition coefficient (Wildman–Crippen LogP) is 2.18. The Hall–Kier alpha value is -1.35. The predicted molar refractivity (Wildman–Crippen MR) is 75.9 cm³/mol. The molecule has 0 aromatic heterocycles. The first kappa shape index (κ1) is 12.7. The molecule has 2 N–H and O–H groups in total. The van der Waals surface area contributed by atoms with Gasteiger partial charge in [0.1, 0.15) is 0 Å². The Morgan fingerprint density at radius 2 is 2.05 bits per heavy atom. The molecule has 3 rings (SSSR count). The third-order valence-electron chi connectivity index (χ3n) is 4.69. The minimum Gasteiger partial charge on any atom is -0.349 e. The summed E-state index contributed by atoms with van der Waals surface area (Å²) in [7, 11) is 0. The number of fused-ring (bicyclic) bond motifs is 1. The summed E-state index contributed by atoms with van der Waals surface area (Å²) >= 11 is 0. The molecule has 0 radical (unpaired) electrons. The maximum absolute atomic E-state index is 12.5. The molecule has 3 heteroatoms. The molecule has 1 amide bonds. The van der Waals surface area contributed by atoms with E-state index in [9.17, 15) is 4.79 Å². The maximum atomic E-state index is 12.5. The molecule has 3 nitrogen and oxygen atoms in total. The second-order valence-corrected chi connectivity index (χ2v) is 6.07. The molecule has 102 valence electrons. The van der Waals surface area contributed by atoms with Crippen LogP contribution in [0.25, 0.3) is 0 Å². The summed E-state index contributed by atoms with van der Waals surface area (Å²) in [5, 5.41) is 6.60. The van der Waals surface area contributed by atoms with Gasteiger partial charge in [-0.2, -0.15) is 0 Å². The number of aryl methyl sites for hydroxylation is 1. The van der Waals surface area contributed by atoms with Crippen molar-refractivity contribution in [2.75, 3.05) is 13.1 Å². The van der Waals surface area contributed by atoms with Gasteiger partial charge in [0, 0.05) is 5.41 Å². The van der Waals surface area contributed by atoms with Crippen molar-refractivity contribution in [3.05, 3.63) is 35.4 Å². The topological polar surface area (TPSA) is 41.1 Å². The van der Waals surface area contributed by atoms with Gasteiger partial charge in [-0.3, -0.25) is 4.79 Å². The second kappa shape index (κ2) is 4.97. The molecule has 1 heterocycles. The van der Waals surface area contributed by atoms with Crippen LogP contribution in [-0.2, 0) is 11.2 Å². The number of benzene rings is 1. The van der Waals surface area contributed by atoms with Crippen LogP contribution in [-0.4, -0.2) is 19.0 Å². The Morgan fingerprint density at radius 1 is 1.32 bits per heavy atom. The van der Waals surface area contributed by atoms with Gasteiger partial charge in [0.15, 0.2) is 0 Å². The molecule has 1 atom stereocenters. The van der Waals surface area contributed by atoms with E-state index < -0.39 is 0 Å². The fourth-order valence-corrected chi connectivity index (χ4v) is 3.25. The minimum absolute atomic E-state index is 0.192. The number of carbonyl (C=O) groups is 1. The van der Waals surface area contributed by atoms with Crippen molar-refractivity contribution in [2.24, 2.45) is 5.41 Å². The summed E-state index contributed by atoms with van der Waals surface area (Å²) in [4.78, 5) is 12.5. The average molecular weight is 258 g/mol. The van der Waals surface area contributed by atoms with E-state index in [0.717, 1.165) is 38.8 Å². The van der Waals surface area contributed by atoms with Gasteiger partial charge in [-0.25, -0.2) is 0 Å². The van der Waals surface area contributed by atoms with E-state index in [4.69, 9.17) is 0 Å². The third kappa shape index (κ3) is 2.39. The van der Waals surface area contributed by atoms with E-state index in [2.05, 4.69) is 41.8 Å². The van der Waals surface area contributed by atoms with Crippen molar-refractivity contribution in [2.45, 2.75) is 38.6 Å². The second-order valence-electron chi connectivity index (χ2n) is 6.07.